The van der Waals surface area contributed by atoms with E-state index in [9.17, 15) is 4.79 Å². The Balaban J connectivity index is 2.50. The first-order valence-corrected chi connectivity index (χ1v) is 7.40. The highest BCUT2D eigenvalue weighted by molar-refractivity contribution is 7.80. The summed E-state index contributed by atoms with van der Waals surface area (Å²) in [6.45, 7) is 3.85. The number of ether oxygens (including phenoxy) is 1. The molecule has 22 heavy (non-hydrogen) atoms. The van der Waals surface area contributed by atoms with Gasteiger partial charge in [0.1, 0.15) is 5.75 Å². The molecule has 1 amide bonds. The number of likely N-dealkylation sites (N-methyl/N-ethyl adjacent to an activating group) is 1. The van der Waals surface area contributed by atoms with E-state index >= 15 is 0 Å². The topological polar surface area (TPSA) is 53.6 Å². The van der Waals surface area contributed by atoms with Crippen molar-refractivity contribution in [2.75, 3.05) is 21.2 Å². The summed E-state index contributed by atoms with van der Waals surface area (Å²) in [7, 11) is 5.13. The number of carbonyl (C=O) groups is 1. The van der Waals surface area contributed by atoms with Gasteiger partial charge in [-0.05, 0) is 49.3 Å². The van der Waals surface area contributed by atoms with Gasteiger partial charge in [0, 0.05) is 19.8 Å². The van der Waals surface area contributed by atoms with Crippen LogP contribution in [0.4, 0.5) is 0 Å². The number of allylic oxidation sites excluding steroid dienone is 1. The molecule has 5 nitrogen and oxygen atoms in total. The Labute approximate surface area is 136 Å². The van der Waals surface area contributed by atoms with Gasteiger partial charge in [-0.3, -0.25) is 4.79 Å². The summed E-state index contributed by atoms with van der Waals surface area (Å²) in [5, 5.41) is 6.74. The number of thiocarbonyl (C=S) groups is 1. The maximum absolute atomic E-state index is 12.5. The average molecular weight is 319 g/mol. The van der Waals surface area contributed by atoms with Crippen molar-refractivity contribution in [2.24, 2.45) is 0 Å². The summed E-state index contributed by atoms with van der Waals surface area (Å²) in [5.41, 5.74) is 3.44. The van der Waals surface area contributed by atoms with Crippen LogP contribution in [-0.4, -0.2) is 37.1 Å². The molecule has 0 saturated carbocycles. The van der Waals surface area contributed by atoms with Gasteiger partial charge in [0.15, 0.2) is 5.11 Å². The van der Waals surface area contributed by atoms with E-state index in [1.165, 1.54) is 0 Å². The van der Waals surface area contributed by atoms with Crippen LogP contribution in [0.15, 0.2) is 29.5 Å². The van der Waals surface area contributed by atoms with Crippen molar-refractivity contribution in [3.63, 3.8) is 0 Å². The molecule has 1 heterocycles. The Morgan fingerprint density at radius 1 is 1.32 bits per heavy atom. The molecule has 118 valence electrons. The van der Waals surface area contributed by atoms with E-state index in [1.54, 1.807) is 26.1 Å². The summed E-state index contributed by atoms with van der Waals surface area (Å²) in [6.07, 6.45) is 0. The van der Waals surface area contributed by atoms with Crippen molar-refractivity contribution in [2.45, 2.75) is 19.9 Å². The van der Waals surface area contributed by atoms with Crippen molar-refractivity contribution in [3.05, 3.63) is 40.6 Å². The smallest absolute Gasteiger partial charge is 0.253 e. The van der Waals surface area contributed by atoms with Crippen LogP contribution in [0.1, 0.15) is 24.1 Å². The average Bonchev–Trinajstić information content (AvgIpc) is 2.45. The first kappa shape index (κ1) is 16.3. The van der Waals surface area contributed by atoms with Gasteiger partial charge in [0.05, 0.1) is 18.7 Å². The monoisotopic (exact) mass is 319 g/mol. The molecule has 1 atom stereocenters. The van der Waals surface area contributed by atoms with Crippen molar-refractivity contribution in [1.29, 1.82) is 0 Å². The fourth-order valence-corrected chi connectivity index (χ4v) is 2.82. The van der Waals surface area contributed by atoms with Crippen LogP contribution in [0.3, 0.4) is 0 Å². The number of amides is 1. The SMILES string of the molecule is COc1ccc(C2NC(=S)NC(C)=C2C(=O)N(C)C)cc1C. The van der Waals surface area contributed by atoms with Crippen LogP contribution in [0.25, 0.3) is 0 Å². The van der Waals surface area contributed by atoms with Crippen LogP contribution in [-0.2, 0) is 4.79 Å². The number of rotatable bonds is 3. The van der Waals surface area contributed by atoms with Crippen LogP contribution < -0.4 is 15.4 Å². The Bertz CT molecular complexity index is 653. The molecule has 2 N–H and O–H groups in total. The molecule has 0 saturated heterocycles. The van der Waals surface area contributed by atoms with Crippen LogP contribution in [0.5, 0.6) is 5.75 Å². The fourth-order valence-electron chi connectivity index (χ4n) is 2.55. The maximum atomic E-state index is 12.5. The van der Waals surface area contributed by atoms with Crippen LogP contribution in [0, 0.1) is 6.92 Å². The lowest BCUT2D eigenvalue weighted by atomic mass is 9.93. The van der Waals surface area contributed by atoms with E-state index in [4.69, 9.17) is 17.0 Å². The molecule has 1 unspecified atom stereocenters. The molecule has 1 aliphatic heterocycles. The van der Waals surface area contributed by atoms with Crippen molar-refractivity contribution < 1.29 is 9.53 Å². The molecule has 1 aromatic carbocycles. The van der Waals surface area contributed by atoms with Gasteiger partial charge >= 0.3 is 0 Å². The minimum Gasteiger partial charge on any atom is -0.496 e. The number of aryl methyl sites for hydroxylation is 1. The van der Waals surface area contributed by atoms with Crippen molar-refractivity contribution in [3.8, 4) is 5.75 Å². The first-order chi connectivity index (χ1) is 10.3. The highest BCUT2D eigenvalue weighted by Crippen LogP contribution is 2.30. The fraction of sp³-hybridized carbons (Fsp3) is 0.375. The molecule has 0 fully saturated rings. The first-order valence-electron chi connectivity index (χ1n) is 6.99. The van der Waals surface area contributed by atoms with Crippen molar-refractivity contribution >= 4 is 23.2 Å². The number of hydrogen-bond acceptors (Lipinski definition) is 3. The number of benzene rings is 1. The molecule has 0 aromatic heterocycles. The largest absolute Gasteiger partial charge is 0.496 e. The Morgan fingerprint density at radius 3 is 2.55 bits per heavy atom. The van der Waals surface area contributed by atoms with E-state index in [0.717, 1.165) is 22.6 Å². The lowest BCUT2D eigenvalue weighted by Gasteiger charge is -2.31. The summed E-state index contributed by atoms with van der Waals surface area (Å²) in [6, 6.07) is 5.60. The molecule has 1 aliphatic rings. The van der Waals surface area contributed by atoms with Gasteiger partial charge in [-0.2, -0.15) is 0 Å². The Hall–Kier alpha value is -2.08. The lowest BCUT2D eigenvalue weighted by Crippen LogP contribution is -2.46. The zero-order valence-corrected chi connectivity index (χ0v) is 14.3. The Morgan fingerprint density at radius 2 is 2.00 bits per heavy atom. The number of carbonyl (C=O) groups excluding carboxylic acids is 1. The van der Waals surface area contributed by atoms with E-state index in [-0.39, 0.29) is 11.9 Å². The highest BCUT2D eigenvalue weighted by Gasteiger charge is 2.30. The third-order valence-electron chi connectivity index (χ3n) is 3.66. The summed E-state index contributed by atoms with van der Waals surface area (Å²) < 4.78 is 5.30. The van der Waals surface area contributed by atoms with Gasteiger partial charge in [-0.25, -0.2) is 0 Å². The quantitative estimate of drug-likeness (QED) is 0.833. The number of hydrogen-bond donors (Lipinski definition) is 2. The van der Waals surface area contributed by atoms with Crippen LogP contribution >= 0.6 is 12.2 Å². The van der Waals surface area contributed by atoms with E-state index in [0.29, 0.717) is 10.7 Å². The maximum Gasteiger partial charge on any atom is 0.253 e. The lowest BCUT2D eigenvalue weighted by molar-refractivity contribution is -0.125. The minimum absolute atomic E-state index is 0.0431. The van der Waals surface area contributed by atoms with Crippen molar-refractivity contribution in [1.82, 2.24) is 15.5 Å². The van der Waals surface area contributed by atoms with E-state index in [2.05, 4.69) is 10.6 Å². The zero-order chi connectivity index (χ0) is 16.4. The minimum atomic E-state index is -0.270. The second-order valence-electron chi connectivity index (χ2n) is 5.50. The number of methoxy groups -OCH3 is 1. The second-order valence-corrected chi connectivity index (χ2v) is 5.91. The van der Waals surface area contributed by atoms with Gasteiger partial charge in [0.25, 0.3) is 5.91 Å². The van der Waals surface area contributed by atoms with Gasteiger partial charge < -0.3 is 20.3 Å². The normalized spacial score (nSPS) is 17.7. The highest BCUT2D eigenvalue weighted by atomic mass is 32.1. The van der Waals surface area contributed by atoms with Gasteiger partial charge in [-0.1, -0.05) is 6.07 Å². The molecule has 6 heteroatoms. The third-order valence-corrected chi connectivity index (χ3v) is 3.88. The second kappa shape index (κ2) is 6.36. The molecule has 2 rings (SSSR count). The molecular formula is C16H21N3O2S. The predicted octanol–water partition coefficient (Wildman–Crippen LogP) is 1.88. The van der Waals surface area contributed by atoms with Gasteiger partial charge in [-0.15, -0.1) is 0 Å². The zero-order valence-electron chi connectivity index (χ0n) is 13.5. The molecular weight excluding hydrogens is 298 g/mol. The summed E-state index contributed by atoms with van der Waals surface area (Å²) in [5.74, 6) is 0.778. The van der Waals surface area contributed by atoms with Crippen LogP contribution in [0.2, 0.25) is 0 Å². The number of nitrogens with one attached hydrogen (secondary N) is 2. The third kappa shape index (κ3) is 3.06. The molecule has 1 aromatic rings. The predicted molar refractivity (Wildman–Crippen MR) is 90.7 cm³/mol. The molecule has 0 bridgehead atoms. The van der Waals surface area contributed by atoms with E-state index < -0.39 is 0 Å². The van der Waals surface area contributed by atoms with E-state index in [1.807, 2.05) is 32.0 Å². The number of nitrogens with zero attached hydrogens (tertiary/aromatic N) is 1. The summed E-state index contributed by atoms with van der Waals surface area (Å²) >= 11 is 5.24. The molecule has 0 spiro atoms. The molecule has 0 radical (unpaired) electrons. The summed E-state index contributed by atoms with van der Waals surface area (Å²) in [4.78, 5) is 14.1. The Kier molecular flexibility index (Phi) is 4.71. The standard InChI is InChI=1S/C16H21N3O2S/c1-9-8-11(6-7-12(9)21-5)14-13(15(20)19(3)4)10(2)17-16(22)18-14/h6-8,14H,1-5H3,(H2,17,18,22). The molecule has 0 aliphatic carbocycles. The van der Waals surface area contributed by atoms with Gasteiger partial charge in [0.2, 0.25) is 0 Å².